The number of hydrogen-bond acceptors (Lipinski definition) is 5. The molecule has 0 fully saturated rings. The molecule has 0 saturated heterocycles. The van der Waals surface area contributed by atoms with Crippen molar-refractivity contribution >= 4 is 11.6 Å². The number of carbonyl (C=O) groups excluding carboxylic acids is 1. The van der Waals surface area contributed by atoms with Gasteiger partial charge in [0.05, 0.1) is 17.6 Å². The highest BCUT2D eigenvalue weighted by atomic mass is 16.5. The van der Waals surface area contributed by atoms with Gasteiger partial charge in [-0.3, -0.25) is 9.78 Å². The molecule has 3 aromatic carbocycles. The molecule has 0 aliphatic rings. The van der Waals surface area contributed by atoms with E-state index in [1.807, 2.05) is 66.7 Å². The van der Waals surface area contributed by atoms with Crippen LogP contribution in [0.2, 0.25) is 0 Å². The lowest BCUT2D eigenvalue weighted by atomic mass is 10.1. The molecule has 0 spiro atoms. The van der Waals surface area contributed by atoms with Crippen molar-refractivity contribution in [3.63, 3.8) is 0 Å². The number of anilines is 1. The summed E-state index contributed by atoms with van der Waals surface area (Å²) in [6.07, 6.45) is 1.63. The standard InChI is InChI=1S/C26H23N3O3/c27-22-10-11-25(29-15-22)20-8-6-19(7-9-20)17-32-24-13-21(26(28)30)12-23(14-24)31-16-18-4-2-1-3-5-18/h1-15H,16-17,27H2,(H2,28,30). The number of carbonyl (C=O) groups is 1. The molecule has 0 atom stereocenters. The van der Waals surface area contributed by atoms with Gasteiger partial charge in [0.15, 0.2) is 0 Å². The minimum Gasteiger partial charge on any atom is -0.489 e. The van der Waals surface area contributed by atoms with Crippen molar-refractivity contribution in [3.8, 4) is 22.8 Å². The molecule has 4 rings (SSSR count). The van der Waals surface area contributed by atoms with Gasteiger partial charge in [-0.05, 0) is 35.4 Å². The van der Waals surface area contributed by atoms with Crippen molar-refractivity contribution in [2.75, 3.05) is 5.73 Å². The average Bonchev–Trinajstić information content (AvgIpc) is 2.83. The Morgan fingerprint density at radius 3 is 1.97 bits per heavy atom. The Bertz CT molecular complexity index is 1190. The van der Waals surface area contributed by atoms with Crippen LogP contribution in [0.25, 0.3) is 11.3 Å². The van der Waals surface area contributed by atoms with Crippen molar-refractivity contribution in [1.82, 2.24) is 4.98 Å². The third kappa shape index (κ3) is 5.43. The summed E-state index contributed by atoms with van der Waals surface area (Å²) in [5.41, 5.74) is 16.0. The van der Waals surface area contributed by atoms with Gasteiger partial charge in [0.1, 0.15) is 24.7 Å². The highest BCUT2D eigenvalue weighted by Crippen LogP contribution is 2.25. The Balaban J connectivity index is 1.44. The number of aromatic nitrogens is 1. The summed E-state index contributed by atoms with van der Waals surface area (Å²) in [6.45, 7) is 0.707. The zero-order chi connectivity index (χ0) is 22.3. The molecule has 0 radical (unpaired) electrons. The highest BCUT2D eigenvalue weighted by Gasteiger charge is 2.09. The second kappa shape index (κ2) is 9.66. The van der Waals surface area contributed by atoms with Crippen molar-refractivity contribution in [2.45, 2.75) is 13.2 Å². The summed E-state index contributed by atoms with van der Waals surface area (Å²) in [7, 11) is 0. The molecule has 0 saturated carbocycles. The first-order valence-electron chi connectivity index (χ1n) is 10.1. The van der Waals surface area contributed by atoms with Gasteiger partial charge in [-0.2, -0.15) is 0 Å². The average molecular weight is 425 g/mol. The van der Waals surface area contributed by atoms with Gasteiger partial charge in [0, 0.05) is 17.2 Å². The lowest BCUT2D eigenvalue weighted by molar-refractivity contribution is 0.0999. The lowest BCUT2D eigenvalue weighted by Gasteiger charge is -2.12. The zero-order valence-electron chi connectivity index (χ0n) is 17.4. The number of hydrogen-bond donors (Lipinski definition) is 2. The summed E-state index contributed by atoms with van der Waals surface area (Å²) in [5.74, 6) is 0.485. The molecule has 0 aliphatic heterocycles. The predicted octanol–water partition coefficient (Wildman–Crippen LogP) is 4.59. The molecular weight excluding hydrogens is 402 g/mol. The summed E-state index contributed by atoms with van der Waals surface area (Å²) in [6, 6.07) is 26.4. The summed E-state index contributed by atoms with van der Waals surface area (Å²) in [4.78, 5) is 16.1. The summed E-state index contributed by atoms with van der Waals surface area (Å²) < 4.78 is 11.8. The third-order valence-electron chi connectivity index (χ3n) is 4.85. The molecule has 32 heavy (non-hydrogen) atoms. The van der Waals surface area contributed by atoms with Crippen LogP contribution in [0.5, 0.6) is 11.5 Å². The van der Waals surface area contributed by atoms with Crippen LogP contribution in [0.1, 0.15) is 21.5 Å². The number of nitrogen functional groups attached to an aromatic ring is 1. The largest absolute Gasteiger partial charge is 0.489 e. The molecule has 0 bridgehead atoms. The monoisotopic (exact) mass is 425 g/mol. The van der Waals surface area contributed by atoms with Crippen LogP contribution < -0.4 is 20.9 Å². The molecule has 0 unspecified atom stereocenters. The van der Waals surface area contributed by atoms with E-state index in [4.69, 9.17) is 20.9 Å². The van der Waals surface area contributed by atoms with Crippen LogP contribution in [-0.2, 0) is 13.2 Å². The molecule has 160 valence electrons. The molecular formula is C26H23N3O3. The Kier molecular flexibility index (Phi) is 6.32. The maximum atomic E-state index is 11.7. The maximum absolute atomic E-state index is 11.7. The SMILES string of the molecule is NC(=O)c1cc(OCc2ccccc2)cc(OCc2ccc(-c3ccc(N)cn3)cc2)c1. The number of ether oxygens (including phenoxy) is 2. The fourth-order valence-corrected chi connectivity index (χ4v) is 3.14. The normalized spacial score (nSPS) is 10.5. The topological polar surface area (TPSA) is 100 Å². The Morgan fingerprint density at radius 2 is 1.41 bits per heavy atom. The lowest BCUT2D eigenvalue weighted by Crippen LogP contribution is -2.11. The van der Waals surface area contributed by atoms with Gasteiger partial charge in [-0.25, -0.2) is 0 Å². The summed E-state index contributed by atoms with van der Waals surface area (Å²) in [5, 5.41) is 0. The van der Waals surface area contributed by atoms with Gasteiger partial charge in [-0.1, -0.05) is 54.6 Å². The van der Waals surface area contributed by atoms with Crippen molar-refractivity contribution in [3.05, 3.63) is 108 Å². The molecule has 0 aliphatic carbocycles. The van der Waals surface area contributed by atoms with Crippen LogP contribution in [0, 0.1) is 0 Å². The number of nitrogens with two attached hydrogens (primary N) is 2. The first-order chi connectivity index (χ1) is 15.6. The number of nitrogens with zero attached hydrogens (tertiary/aromatic N) is 1. The zero-order valence-corrected chi connectivity index (χ0v) is 17.4. The van der Waals surface area contributed by atoms with Crippen LogP contribution in [0.4, 0.5) is 5.69 Å². The first-order valence-corrected chi connectivity index (χ1v) is 10.1. The van der Waals surface area contributed by atoms with E-state index in [1.165, 1.54) is 0 Å². The van der Waals surface area contributed by atoms with E-state index in [-0.39, 0.29) is 0 Å². The van der Waals surface area contributed by atoms with E-state index in [2.05, 4.69) is 4.98 Å². The van der Waals surface area contributed by atoms with E-state index in [1.54, 1.807) is 24.4 Å². The molecule has 6 nitrogen and oxygen atoms in total. The second-order valence-corrected chi connectivity index (χ2v) is 7.29. The van der Waals surface area contributed by atoms with Crippen molar-refractivity contribution in [2.24, 2.45) is 5.73 Å². The van der Waals surface area contributed by atoms with E-state index in [9.17, 15) is 4.79 Å². The molecule has 1 aromatic heterocycles. The second-order valence-electron chi connectivity index (χ2n) is 7.29. The third-order valence-corrected chi connectivity index (χ3v) is 4.85. The molecule has 1 heterocycles. The first kappa shape index (κ1) is 20.9. The van der Waals surface area contributed by atoms with E-state index >= 15 is 0 Å². The summed E-state index contributed by atoms with van der Waals surface area (Å²) >= 11 is 0. The Morgan fingerprint density at radius 1 is 0.781 bits per heavy atom. The Hall–Kier alpha value is -4.32. The number of pyridine rings is 1. The quantitative estimate of drug-likeness (QED) is 0.430. The number of rotatable bonds is 8. The van der Waals surface area contributed by atoms with Gasteiger partial charge >= 0.3 is 0 Å². The highest BCUT2D eigenvalue weighted by molar-refractivity contribution is 5.93. The maximum Gasteiger partial charge on any atom is 0.248 e. The predicted molar refractivity (Wildman–Crippen MR) is 124 cm³/mol. The molecule has 4 N–H and O–H groups in total. The Labute approximate surface area is 186 Å². The fourth-order valence-electron chi connectivity index (χ4n) is 3.14. The van der Waals surface area contributed by atoms with Gasteiger partial charge in [0.2, 0.25) is 5.91 Å². The van der Waals surface area contributed by atoms with Crippen molar-refractivity contribution < 1.29 is 14.3 Å². The van der Waals surface area contributed by atoms with E-state index in [0.717, 1.165) is 22.4 Å². The van der Waals surface area contributed by atoms with Crippen LogP contribution in [0.15, 0.2) is 91.1 Å². The van der Waals surface area contributed by atoms with Gasteiger partial charge in [0.25, 0.3) is 0 Å². The minimum atomic E-state index is -0.541. The van der Waals surface area contributed by atoms with E-state index in [0.29, 0.717) is 36.0 Å². The van der Waals surface area contributed by atoms with Gasteiger partial charge < -0.3 is 20.9 Å². The van der Waals surface area contributed by atoms with Crippen LogP contribution in [0.3, 0.4) is 0 Å². The molecule has 1 amide bonds. The number of benzene rings is 3. The fraction of sp³-hybridized carbons (Fsp3) is 0.0769. The van der Waals surface area contributed by atoms with Crippen molar-refractivity contribution in [1.29, 1.82) is 0 Å². The smallest absolute Gasteiger partial charge is 0.248 e. The van der Waals surface area contributed by atoms with E-state index < -0.39 is 5.91 Å². The van der Waals surface area contributed by atoms with Crippen LogP contribution in [-0.4, -0.2) is 10.9 Å². The number of primary amides is 1. The van der Waals surface area contributed by atoms with Crippen LogP contribution >= 0.6 is 0 Å². The molecule has 4 aromatic rings. The number of amides is 1. The minimum absolute atomic E-state index is 0.329. The molecule has 6 heteroatoms. The van der Waals surface area contributed by atoms with Gasteiger partial charge in [-0.15, -0.1) is 0 Å².